The van der Waals surface area contributed by atoms with Crippen molar-refractivity contribution in [1.29, 1.82) is 0 Å². The zero-order chi connectivity index (χ0) is 14.1. The predicted octanol–water partition coefficient (Wildman–Crippen LogP) is 2.13. The lowest BCUT2D eigenvalue weighted by Gasteiger charge is -2.33. The van der Waals surface area contributed by atoms with Crippen LogP contribution in [-0.4, -0.2) is 44.9 Å². The minimum Gasteiger partial charge on any atom is -0.301 e. The van der Waals surface area contributed by atoms with Crippen LogP contribution in [0.1, 0.15) is 48.8 Å². The van der Waals surface area contributed by atoms with Gasteiger partial charge in [0.1, 0.15) is 0 Å². The third-order valence-corrected chi connectivity index (χ3v) is 4.13. The van der Waals surface area contributed by atoms with Gasteiger partial charge in [-0.1, -0.05) is 0 Å². The van der Waals surface area contributed by atoms with E-state index in [4.69, 9.17) is 0 Å². The number of hydrogen-bond donors (Lipinski definition) is 0. The lowest BCUT2D eigenvalue weighted by Crippen LogP contribution is -2.38. The Balaban J connectivity index is 1.79. The number of piperidine rings is 1. The molecule has 0 saturated carbocycles. The highest BCUT2D eigenvalue weighted by molar-refractivity contribution is 5.74. The van der Waals surface area contributed by atoms with E-state index in [0.29, 0.717) is 17.5 Å². The largest absolute Gasteiger partial charge is 0.301 e. The molecule has 0 N–H and O–H groups in total. The fourth-order valence-electron chi connectivity index (χ4n) is 2.83. The first kappa shape index (κ1) is 13.2. The molecule has 0 aliphatic carbocycles. The van der Waals surface area contributed by atoms with Gasteiger partial charge in [0.15, 0.2) is 17.8 Å². The van der Waals surface area contributed by atoms with Gasteiger partial charge >= 0.3 is 0 Å². The molecule has 20 heavy (non-hydrogen) atoms. The molecule has 0 radical (unpaired) electrons. The number of hydrogen-bond acceptors (Lipinski definition) is 4. The average Bonchev–Trinajstić information content (AvgIpc) is 2.90. The second-order valence-electron chi connectivity index (χ2n) is 5.76. The smallest absolute Gasteiger partial charge is 0.155 e. The molecule has 106 valence electrons. The average molecular weight is 272 g/mol. The van der Waals surface area contributed by atoms with Crippen molar-refractivity contribution in [2.45, 2.75) is 38.6 Å². The maximum atomic E-state index is 10.8. The van der Waals surface area contributed by atoms with Crippen molar-refractivity contribution >= 4 is 11.9 Å². The Kier molecular flexibility index (Phi) is 3.53. The first-order valence-electron chi connectivity index (χ1n) is 7.23. The van der Waals surface area contributed by atoms with E-state index >= 15 is 0 Å². The van der Waals surface area contributed by atoms with Crippen LogP contribution in [0.5, 0.6) is 0 Å². The van der Waals surface area contributed by atoms with Crippen LogP contribution in [0, 0.1) is 0 Å². The molecule has 3 heterocycles. The molecule has 2 aromatic heterocycles. The van der Waals surface area contributed by atoms with E-state index < -0.39 is 0 Å². The lowest BCUT2D eigenvalue weighted by molar-refractivity contribution is 0.112. The summed E-state index contributed by atoms with van der Waals surface area (Å²) < 4.78 is 1.72. The second-order valence-corrected chi connectivity index (χ2v) is 5.76. The highest BCUT2D eigenvalue weighted by Gasteiger charge is 2.24. The van der Waals surface area contributed by atoms with E-state index in [1.165, 1.54) is 0 Å². The van der Waals surface area contributed by atoms with Crippen molar-refractivity contribution in [2.75, 3.05) is 13.1 Å². The summed E-state index contributed by atoms with van der Waals surface area (Å²) >= 11 is 0. The van der Waals surface area contributed by atoms with Crippen LogP contribution in [0.25, 0.3) is 5.65 Å². The molecule has 0 unspecified atom stereocenters. The summed E-state index contributed by atoms with van der Waals surface area (Å²) in [5, 5.41) is 4.54. The summed E-state index contributed by atoms with van der Waals surface area (Å²) in [4.78, 5) is 17.9. The van der Waals surface area contributed by atoms with Crippen molar-refractivity contribution in [2.24, 2.45) is 0 Å². The molecule has 5 nitrogen and oxygen atoms in total. The maximum absolute atomic E-state index is 10.8. The van der Waals surface area contributed by atoms with E-state index in [2.05, 4.69) is 28.8 Å². The number of carbonyl (C=O) groups is 1. The predicted molar refractivity (Wildman–Crippen MR) is 77.1 cm³/mol. The number of aldehydes is 1. The van der Waals surface area contributed by atoms with Crippen molar-refractivity contribution in [3.8, 4) is 0 Å². The zero-order valence-corrected chi connectivity index (χ0v) is 12.0. The highest BCUT2D eigenvalue weighted by Crippen LogP contribution is 2.26. The molecule has 5 heteroatoms. The third kappa shape index (κ3) is 2.45. The van der Waals surface area contributed by atoms with Crippen LogP contribution in [0.15, 0.2) is 18.3 Å². The second kappa shape index (κ2) is 5.32. The molecule has 0 aromatic carbocycles. The Morgan fingerprint density at radius 1 is 1.30 bits per heavy atom. The van der Waals surface area contributed by atoms with E-state index in [1.807, 2.05) is 6.07 Å². The van der Waals surface area contributed by atoms with E-state index in [1.54, 1.807) is 16.8 Å². The van der Waals surface area contributed by atoms with Gasteiger partial charge in [-0.15, -0.1) is 0 Å². The van der Waals surface area contributed by atoms with E-state index in [0.717, 1.165) is 43.7 Å². The standard InChI is InChI=1S/C15H20N4O/c1-11(2)18-7-5-13(6-8-18)15-16-14-4-3-12(10-20)9-19(14)17-15/h3-4,9-11,13H,5-8H2,1-2H3. The van der Waals surface area contributed by atoms with Gasteiger partial charge in [-0.2, -0.15) is 5.10 Å². The molecule has 0 atom stereocenters. The molecular weight excluding hydrogens is 252 g/mol. The topological polar surface area (TPSA) is 50.5 Å². The Labute approximate surface area is 118 Å². The van der Waals surface area contributed by atoms with Crippen LogP contribution < -0.4 is 0 Å². The van der Waals surface area contributed by atoms with Crippen LogP contribution in [0.4, 0.5) is 0 Å². The summed E-state index contributed by atoms with van der Waals surface area (Å²) in [6, 6.07) is 4.24. The number of carbonyl (C=O) groups excluding carboxylic acids is 1. The Bertz CT molecular complexity index is 611. The quantitative estimate of drug-likeness (QED) is 0.803. The first-order valence-corrected chi connectivity index (χ1v) is 7.23. The normalized spacial score (nSPS) is 17.9. The van der Waals surface area contributed by atoms with Gasteiger partial charge in [-0.3, -0.25) is 4.79 Å². The minimum atomic E-state index is 0.435. The van der Waals surface area contributed by atoms with Gasteiger partial charge < -0.3 is 4.90 Å². The summed E-state index contributed by atoms with van der Waals surface area (Å²) in [5.74, 6) is 1.35. The number of rotatable bonds is 3. The minimum absolute atomic E-state index is 0.435. The van der Waals surface area contributed by atoms with Crippen LogP contribution in [-0.2, 0) is 0 Å². The van der Waals surface area contributed by atoms with E-state index in [-0.39, 0.29) is 0 Å². The molecule has 0 spiro atoms. The van der Waals surface area contributed by atoms with Crippen molar-refractivity contribution < 1.29 is 4.79 Å². The number of fused-ring (bicyclic) bond motifs is 1. The molecule has 1 fully saturated rings. The summed E-state index contributed by atoms with van der Waals surface area (Å²) in [6.45, 7) is 6.70. The zero-order valence-electron chi connectivity index (χ0n) is 12.0. The molecule has 0 bridgehead atoms. The molecule has 0 amide bonds. The van der Waals surface area contributed by atoms with Crippen LogP contribution in [0.2, 0.25) is 0 Å². The van der Waals surface area contributed by atoms with Crippen molar-refractivity contribution in [3.63, 3.8) is 0 Å². The number of likely N-dealkylation sites (tertiary alicyclic amines) is 1. The van der Waals surface area contributed by atoms with E-state index in [9.17, 15) is 4.79 Å². The van der Waals surface area contributed by atoms with Crippen molar-refractivity contribution in [1.82, 2.24) is 19.5 Å². The first-order chi connectivity index (χ1) is 9.67. The van der Waals surface area contributed by atoms with Gasteiger partial charge in [-0.25, -0.2) is 9.50 Å². The van der Waals surface area contributed by atoms with Gasteiger partial charge in [0.2, 0.25) is 0 Å². The Morgan fingerprint density at radius 3 is 2.70 bits per heavy atom. The number of pyridine rings is 1. The fourth-order valence-corrected chi connectivity index (χ4v) is 2.83. The molecular formula is C15H20N4O. The SMILES string of the molecule is CC(C)N1CCC(c2nc3ccc(C=O)cn3n2)CC1. The summed E-state index contributed by atoms with van der Waals surface area (Å²) in [7, 11) is 0. The van der Waals surface area contributed by atoms with Crippen molar-refractivity contribution in [3.05, 3.63) is 29.7 Å². The third-order valence-electron chi connectivity index (χ3n) is 4.13. The molecule has 1 saturated heterocycles. The summed E-state index contributed by atoms with van der Waals surface area (Å²) in [6.07, 6.45) is 4.79. The molecule has 1 aliphatic heterocycles. The van der Waals surface area contributed by atoms with Gasteiger partial charge in [0.25, 0.3) is 0 Å². The Hall–Kier alpha value is -1.75. The number of aromatic nitrogens is 3. The number of nitrogens with zero attached hydrogens (tertiary/aromatic N) is 4. The molecule has 3 rings (SSSR count). The highest BCUT2D eigenvalue weighted by atomic mass is 16.1. The molecule has 1 aliphatic rings. The van der Waals surface area contributed by atoms with Crippen LogP contribution >= 0.6 is 0 Å². The fraction of sp³-hybridized carbons (Fsp3) is 0.533. The summed E-state index contributed by atoms with van der Waals surface area (Å²) in [5.41, 5.74) is 1.44. The van der Waals surface area contributed by atoms with Gasteiger partial charge in [0, 0.05) is 23.7 Å². The molecule has 2 aromatic rings. The maximum Gasteiger partial charge on any atom is 0.155 e. The van der Waals surface area contributed by atoms with Crippen LogP contribution in [0.3, 0.4) is 0 Å². The Morgan fingerprint density at radius 2 is 2.05 bits per heavy atom. The monoisotopic (exact) mass is 272 g/mol. The lowest BCUT2D eigenvalue weighted by atomic mass is 9.95. The van der Waals surface area contributed by atoms with Gasteiger partial charge in [0.05, 0.1) is 0 Å². The van der Waals surface area contributed by atoms with Gasteiger partial charge in [-0.05, 0) is 51.9 Å².